The summed E-state index contributed by atoms with van der Waals surface area (Å²) in [4.78, 5) is 26.5. The maximum atomic E-state index is 12.5. The van der Waals surface area contributed by atoms with Crippen molar-refractivity contribution < 1.29 is 9.59 Å². The zero-order valence-electron chi connectivity index (χ0n) is 16.6. The minimum atomic E-state index is -0.262. The Morgan fingerprint density at radius 1 is 1.17 bits per heavy atom. The lowest BCUT2D eigenvalue weighted by Crippen LogP contribution is -2.24. The van der Waals surface area contributed by atoms with Crippen molar-refractivity contribution in [2.24, 2.45) is 0 Å². The average molecular weight is 419 g/mol. The number of carbonyl (C=O) groups excluding carboxylic acids is 2. The molecule has 1 saturated heterocycles. The van der Waals surface area contributed by atoms with E-state index in [1.54, 1.807) is 11.0 Å². The van der Waals surface area contributed by atoms with E-state index in [4.69, 9.17) is 0 Å². The van der Waals surface area contributed by atoms with Crippen molar-refractivity contribution in [3.63, 3.8) is 0 Å². The van der Waals surface area contributed by atoms with Crippen LogP contribution in [0.15, 0.2) is 60.7 Å². The lowest BCUT2D eigenvalue weighted by molar-refractivity contribution is -0.117. The zero-order valence-corrected chi connectivity index (χ0v) is 17.4. The van der Waals surface area contributed by atoms with E-state index in [9.17, 15) is 9.59 Å². The van der Waals surface area contributed by atoms with Crippen LogP contribution in [-0.2, 0) is 16.0 Å². The fourth-order valence-electron chi connectivity index (χ4n) is 3.37. The lowest BCUT2D eigenvalue weighted by atomic mass is 10.1. The lowest BCUT2D eigenvalue weighted by Gasteiger charge is -2.16. The molecule has 2 aromatic carbocycles. The molecule has 0 bridgehead atoms. The van der Waals surface area contributed by atoms with E-state index in [0.717, 1.165) is 22.7 Å². The van der Waals surface area contributed by atoms with Crippen LogP contribution in [-0.4, -0.2) is 28.6 Å². The standard InChI is InChI=1S/C23H22N4O2S/c1-2-16-8-11-19(12-9-16)27-15-18(14-21(27)29)22-25-26-23(30-22)24-20(28)13-10-17-6-4-3-5-7-17/h3-13,18H,2,14-15H2,1H3,(H,24,26,28)/b13-10+. The molecule has 1 aromatic heterocycles. The SMILES string of the molecule is CCc1ccc(N2CC(c3nnc(NC(=O)/C=C/c4ccccc4)s3)CC2=O)cc1. The molecule has 6 nitrogen and oxygen atoms in total. The number of aromatic nitrogens is 2. The third kappa shape index (κ3) is 4.63. The Hall–Kier alpha value is -3.32. The largest absolute Gasteiger partial charge is 0.312 e. The average Bonchev–Trinajstić information content (AvgIpc) is 3.39. The van der Waals surface area contributed by atoms with E-state index in [0.29, 0.717) is 18.1 Å². The van der Waals surface area contributed by atoms with Crippen LogP contribution in [0.5, 0.6) is 0 Å². The molecule has 4 rings (SSSR count). The Morgan fingerprint density at radius 3 is 2.67 bits per heavy atom. The molecule has 0 saturated carbocycles. The van der Waals surface area contributed by atoms with Crippen LogP contribution >= 0.6 is 11.3 Å². The second kappa shape index (κ2) is 9.00. The van der Waals surface area contributed by atoms with Gasteiger partial charge in [0.25, 0.3) is 0 Å². The normalized spacial score (nSPS) is 16.4. The van der Waals surface area contributed by atoms with Crippen LogP contribution in [0.25, 0.3) is 6.08 Å². The van der Waals surface area contributed by atoms with Crippen LogP contribution in [0.2, 0.25) is 0 Å². The van der Waals surface area contributed by atoms with E-state index in [1.807, 2.05) is 42.5 Å². The molecule has 0 aliphatic carbocycles. The van der Waals surface area contributed by atoms with Crippen molar-refractivity contribution in [3.05, 3.63) is 76.8 Å². The summed E-state index contributed by atoms with van der Waals surface area (Å²) in [6, 6.07) is 17.7. The minimum absolute atomic E-state index is 0.0219. The number of hydrogen-bond acceptors (Lipinski definition) is 5. The van der Waals surface area contributed by atoms with Crippen molar-refractivity contribution >= 4 is 40.0 Å². The molecule has 2 heterocycles. The molecule has 30 heavy (non-hydrogen) atoms. The Bertz CT molecular complexity index is 1060. The number of amides is 2. The summed E-state index contributed by atoms with van der Waals surface area (Å²) < 4.78 is 0. The molecule has 0 spiro atoms. The van der Waals surface area contributed by atoms with E-state index in [1.165, 1.54) is 23.0 Å². The van der Waals surface area contributed by atoms with Gasteiger partial charge in [-0.05, 0) is 35.8 Å². The van der Waals surface area contributed by atoms with Crippen molar-refractivity contribution in [3.8, 4) is 0 Å². The predicted molar refractivity (Wildman–Crippen MR) is 120 cm³/mol. The van der Waals surface area contributed by atoms with Gasteiger partial charge in [-0.25, -0.2) is 0 Å². The number of carbonyl (C=O) groups is 2. The number of anilines is 2. The van der Waals surface area contributed by atoms with E-state index in [-0.39, 0.29) is 17.7 Å². The number of benzene rings is 2. The van der Waals surface area contributed by atoms with Gasteiger partial charge in [0.2, 0.25) is 16.9 Å². The molecular formula is C23H22N4O2S. The second-order valence-corrected chi connectivity index (χ2v) is 8.11. The molecular weight excluding hydrogens is 396 g/mol. The molecule has 7 heteroatoms. The van der Waals surface area contributed by atoms with Gasteiger partial charge in [-0.1, -0.05) is 60.7 Å². The first kappa shape index (κ1) is 20.0. The van der Waals surface area contributed by atoms with Crippen LogP contribution in [0, 0.1) is 0 Å². The Morgan fingerprint density at radius 2 is 1.93 bits per heavy atom. The van der Waals surface area contributed by atoms with E-state index >= 15 is 0 Å². The van der Waals surface area contributed by atoms with Gasteiger partial charge in [-0.15, -0.1) is 10.2 Å². The second-order valence-electron chi connectivity index (χ2n) is 7.10. The fourth-order valence-corrected chi connectivity index (χ4v) is 4.20. The highest BCUT2D eigenvalue weighted by molar-refractivity contribution is 7.15. The first-order valence-electron chi connectivity index (χ1n) is 9.89. The molecule has 1 atom stereocenters. The molecule has 152 valence electrons. The van der Waals surface area contributed by atoms with Gasteiger partial charge < -0.3 is 4.90 Å². The number of nitrogens with one attached hydrogen (secondary N) is 1. The molecule has 1 aliphatic rings. The molecule has 2 amide bonds. The van der Waals surface area contributed by atoms with Gasteiger partial charge in [0.05, 0.1) is 0 Å². The number of nitrogens with zero attached hydrogens (tertiary/aromatic N) is 3. The first-order valence-corrected chi connectivity index (χ1v) is 10.7. The number of hydrogen-bond donors (Lipinski definition) is 1. The van der Waals surface area contributed by atoms with E-state index in [2.05, 4.69) is 34.6 Å². The summed E-state index contributed by atoms with van der Waals surface area (Å²) in [7, 11) is 0. The molecule has 1 N–H and O–H groups in total. The van der Waals surface area contributed by atoms with Gasteiger partial charge in [0.1, 0.15) is 5.01 Å². The summed E-state index contributed by atoms with van der Waals surface area (Å²) in [6.45, 7) is 2.68. The van der Waals surface area contributed by atoms with Gasteiger partial charge >= 0.3 is 0 Å². The topological polar surface area (TPSA) is 75.2 Å². The third-order valence-electron chi connectivity index (χ3n) is 5.03. The van der Waals surface area contributed by atoms with Crippen molar-refractivity contribution in [2.75, 3.05) is 16.8 Å². The smallest absolute Gasteiger partial charge is 0.250 e. The molecule has 1 aliphatic heterocycles. The predicted octanol–water partition coefficient (Wildman–Crippen LogP) is 4.27. The maximum Gasteiger partial charge on any atom is 0.250 e. The van der Waals surface area contributed by atoms with Gasteiger partial charge in [0, 0.05) is 30.6 Å². The molecule has 0 radical (unpaired) electrons. The highest BCUT2D eigenvalue weighted by atomic mass is 32.1. The van der Waals surface area contributed by atoms with Crippen LogP contribution in [0.3, 0.4) is 0 Å². The van der Waals surface area contributed by atoms with E-state index < -0.39 is 0 Å². The Labute approximate surface area is 179 Å². The van der Waals surface area contributed by atoms with Crippen LogP contribution in [0.4, 0.5) is 10.8 Å². The van der Waals surface area contributed by atoms with Crippen molar-refractivity contribution in [2.45, 2.75) is 25.7 Å². The summed E-state index contributed by atoms with van der Waals surface area (Å²) in [5.41, 5.74) is 3.10. The summed E-state index contributed by atoms with van der Waals surface area (Å²) in [5.74, 6) is -0.205. The highest BCUT2D eigenvalue weighted by Gasteiger charge is 2.33. The summed E-state index contributed by atoms with van der Waals surface area (Å²) in [5, 5.41) is 12.2. The third-order valence-corrected chi connectivity index (χ3v) is 6.03. The maximum absolute atomic E-state index is 12.5. The Kier molecular flexibility index (Phi) is 5.99. The van der Waals surface area contributed by atoms with Gasteiger partial charge in [0.15, 0.2) is 0 Å². The highest BCUT2D eigenvalue weighted by Crippen LogP contribution is 2.34. The molecule has 1 unspecified atom stereocenters. The molecule has 3 aromatic rings. The summed E-state index contributed by atoms with van der Waals surface area (Å²) in [6.07, 6.45) is 4.58. The summed E-state index contributed by atoms with van der Waals surface area (Å²) >= 11 is 1.32. The van der Waals surface area contributed by atoms with Crippen molar-refractivity contribution in [1.82, 2.24) is 10.2 Å². The van der Waals surface area contributed by atoms with Crippen LogP contribution < -0.4 is 10.2 Å². The number of rotatable bonds is 6. The van der Waals surface area contributed by atoms with Crippen molar-refractivity contribution in [1.29, 1.82) is 0 Å². The monoisotopic (exact) mass is 418 g/mol. The number of aryl methyl sites for hydroxylation is 1. The first-order chi connectivity index (χ1) is 14.6. The zero-order chi connectivity index (χ0) is 20.9. The molecule has 1 fully saturated rings. The fraction of sp³-hybridized carbons (Fsp3) is 0.217. The quantitative estimate of drug-likeness (QED) is 0.607. The van der Waals surface area contributed by atoms with Gasteiger partial charge in [-0.3, -0.25) is 14.9 Å². The van der Waals surface area contributed by atoms with Gasteiger partial charge in [-0.2, -0.15) is 0 Å². The minimum Gasteiger partial charge on any atom is -0.312 e. The Balaban J connectivity index is 1.38. The van der Waals surface area contributed by atoms with Crippen LogP contribution in [0.1, 0.15) is 35.4 Å².